The Hall–Kier alpha value is -1.03. The first kappa shape index (κ1) is 16.3. The number of halogens is 2. The fourth-order valence-electron chi connectivity index (χ4n) is 1.91. The summed E-state index contributed by atoms with van der Waals surface area (Å²) < 4.78 is 6.98. The van der Waals surface area contributed by atoms with Crippen LogP contribution in [0.4, 0.5) is 0 Å². The molecule has 112 valence electrons. The second kappa shape index (κ2) is 7.30. The molecule has 0 atom stereocenters. The highest BCUT2D eigenvalue weighted by atomic mass is 79.9. The monoisotopic (exact) mass is 367 g/mol. The quantitative estimate of drug-likeness (QED) is 0.730. The maximum Gasteiger partial charge on any atom is 0.141 e. The van der Waals surface area contributed by atoms with Crippen molar-refractivity contribution in [3.8, 4) is 11.5 Å². The summed E-state index contributed by atoms with van der Waals surface area (Å²) in [6, 6.07) is 12.1. The van der Waals surface area contributed by atoms with Gasteiger partial charge in [0.25, 0.3) is 0 Å². The van der Waals surface area contributed by atoms with Gasteiger partial charge in [-0.25, -0.2) is 0 Å². The van der Waals surface area contributed by atoms with Gasteiger partial charge in [0.1, 0.15) is 11.5 Å². The first-order valence-corrected chi connectivity index (χ1v) is 8.08. The standard InChI is InChI=1S/C17H19BrClNO/c1-11(2)20-10-13-9-14(19)5-7-16(13)21-17-6-4-12(3)8-15(17)18/h4-9,11,20H,10H2,1-3H3. The molecule has 0 spiro atoms. The molecule has 0 amide bonds. The molecule has 0 radical (unpaired) electrons. The van der Waals surface area contributed by atoms with Crippen molar-refractivity contribution in [3.05, 3.63) is 57.0 Å². The predicted molar refractivity (Wildman–Crippen MR) is 92.4 cm³/mol. The van der Waals surface area contributed by atoms with Crippen LogP contribution in [0.3, 0.4) is 0 Å². The van der Waals surface area contributed by atoms with Gasteiger partial charge in [0.15, 0.2) is 0 Å². The van der Waals surface area contributed by atoms with Crippen LogP contribution in [-0.2, 0) is 6.54 Å². The molecule has 0 fully saturated rings. The van der Waals surface area contributed by atoms with Crippen LogP contribution in [0.25, 0.3) is 0 Å². The van der Waals surface area contributed by atoms with Gasteiger partial charge in [-0.15, -0.1) is 0 Å². The highest BCUT2D eigenvalue weighted by Crippen LogP contribution is 2.33. The first-order valence-electron chi connectivity index (χ1n) is 6.91. The molecule has 2 aromatic rings. The maximum atomic E-state index is 6.09. The molecule has 0 heterocycles. The van der Waals surface area contributed by atoms with E-state index in [4.69, 9.17) is 16.3 Å². The van der Waals surface area contributed by atoms with Crippen LogP contribution in [-0.4, -0.2) is 6.04 Å². The fraction of sp³-hybridized carbons (Fsp3) is 0.294. The summed E-state index contributed by atoms with van der Waals surface area (Å²) in [6.07, 6.45) is 0. The zero-order valence-corrected chi connectivity index (χ0v) is 14.8. The minimum atomic E-state index is 0.406. The summed E-state index contributed by atoms with van der Waals surface area (Å²) >= 11 is 9.63. The zero-order chi connectivity index (χ0) is 15.4. The smallest absolute Gasteiger partial charge is 0.141 e. The number of aryl methyl sites for hydroxylation is 1. The Morgan fingerprint density at radius 1 is 1.14 bits per heavy atom. The Balaban J connectivity index is 2.26. The van der Waals surface area contributed by atoms with Crippen LogP contribution in [0.2, 0.25) is 5.02 Å². The zero-order valence-electron chi connectivity index (χ0n) is 12.4. The third-order valence-corrected chi connectivity index (χ3v) is 3.89. The van der Waals surface area contributed by atoms with Gasteiger partial charge < -0.3 is 10.1 Å². The van der Waals surface area contributed by atoms with Crippen molar-refractivity contribution in [2.24, 2.45) is 0 Å². The van der Waals surface area contributed by atoms with E-state index in [1.54, 1.807) is 0 Å². The minimum Gasteiger partial charge on any atom is -0.456 e. The van der Waals surface area contributed by atoms with Gasteiger partial charge in [0, 0.05) is 23.2 Å². The normalized spacial score (nSPS) is 11.0. The average Bonchev–Trinajstić information content (AvgIpc) is 2.41. The van der Waals surface area contributed by atoms with Crippen LogP contribution in [0.15, 0.2) is 40.9 Å². The number of ether oxygens (including phenoxy) is 1. The third-order valence-electron chi connectivity index (χ3n) is 3.03. The summed E-state index contributed by atoms with van der Waals surface area (Å²) in [6.45, 7) is 7.00. The second-order valence-corrected chi connectivity index (χ2v) is 6.61. The fourth-order valence-corrected chi connectivity index (χ4v) is 2.68. The van der Waals surface area contributed by atoms with Crippen molar-refractivity contribution in [2.75, 3.05) is 0 Å². The van der Waals surface area contributed by atoms with Crippen molar-refractivity contribution < 1.29 is 4.74 Å². The van der Waals surface area contributed by atoms with Gasteiger partial charge in [-0.1, -0.05) is 31.5 Å². The molecule has 0 unspecified atom stereocenters. The molecule has 1 N–H and O–H groups in total. The average molecular weight is 369 g/mol. The molecule has 0 aromatic heterocycles. The summed E-state index contributed by atoms with van der Waals surface area (Å²) in [5.74, 6) is 1.62. The van der Waals surface area contributed by atoms with Gasteiger partial charge >= 0.3 is 0 Å². The Kier molecular flexibility index (Phi) is 5.68. The molecule has 21 heavy (non-hydrogen) atoms. The van der Waals surface area contributed by atoms with E-state index < -0.39 is 0 Å². The molecule has 0 aliphatic carbocycles. The molecule has 2 aromatic carbocycles. The van der Waals surface area contributed by atoms with E-state index in [0.717, 1.165) is 28.1 Å². The van der Waals surface area contributed by atoms with E-state index in [9.17, 15) is 0 Å². The first-order chi connectivity index (χ1) is 9.95. The maximum absolute atomic E-state index is 6.09. The highest BCUT2D eigenvalue weighted by molar-refractivity contribution is 9.10. The van der Waals surface area contributed by atoms with Gasteiger partial charge in [-0.3, -0.25) is 0 Å². The molecule has 0 aliphatic rings. The second-order valence-electron chi connectivity index (χ2n) is 5.32. The Labute approximate surface area is 139 Å². The molecule has 0 bridgehead atoms. The number of nitrogens with one attached hydrogen (secondary N) is 1. The number of rotatable bonds is 5. The Morgan fingerprint density at radius 3 is 2.52 bits per heavy atom. The van der Waals surface area contributed by atoms with Crippen molar-refractivity contribution >= 4 is 27.5 Å². The minimum absolute atomic E-state index is 0.406. The number of benzene rings is 2. The van der Waals surface area contributed by atoms with Gasteiger partial charge in [-0.05, 0) is 58.7 Å². The van der Waals surface area contributed by atoms with Crippen LogP contribution >= 0.6 is 27.5 Å². The lowest BCUT2D eigenvalue weighted by molar-refractivity contribution is 0.466. The van der Waals surface area contributed by atoms with E-state index in [1.165, 1.54) is 5.56 Å². The third kappa shape index (κ3) is 4.73. The van der Waals surface area contributed by atoms with Gasteiger partial charge in [0.05, 0.1) is 4.47 Å². The summed E-state index contributed by atoms with van der Waals surface area (Å²) in [4.78, 5) is 0. The molecular weight excluding hydrogens is 350 g/mol. The Bertz CT molecular complexity index is 628. The van der Waals surface area contributed by atoms with Crippen molar-refractivity contribution in [1.29, 1.82) is 0 Å². The van der Waals surface area contributed by atoms with Crippen molar-refractivity contribution in [2.45, 2.75) is 33.4 Å². The van der Waals surface area contributed by atoms with Crippen LogP contribution < -0.4 is 10.1 Å². The molecule has 4 heteroatoms. The van der Waals surface area contributed by atoms with Crippen LogP contribution in [0.1, 0.15) is 25.0 Å². The number of hydrogen-bond donors (Lipinski definition) is 1. The van der Waals surface area contributed by atoms with E-state index >= 15 is 0 Å². The largest absolute Gasteiger partial charge is 0.456 e. The van der Waals surface area contributed by atoms with Gasteiger partial charge in [0.2, 0.25) is 0 Å². The van der Waals surface area contributed by atoms with Crippen molar-refractivity contribution in [3.63, 3.8) is 0 Å². The summed E-state index contributed by atoms with van der Waals surface area (Å²) in [5, 5.41) is 4.10. The molecule has 0 saturated carbocycles. The van der Waals surface area contributed by atoms with E-state index in [1.807, 2.05) is 36.4 Å². The van der Waals surface area contributed by atoms with E-state index in [2.05, 4.69) is 42.0 Å². The van der Waals surface area contributed by atoms with Crippen LogP contribution in [0, 0.1) is 6.92 Å². The lowest BCUT2D eigenvalue weighted by atomic mass is 10.2. The lowest BCUT2D eigenvalue weighted by Gasteiger charge is -2.15. The molecule has 2 rings (SSSR count). The van der Waals surface area contributed by atoms with E-state index in [-0.39, 0.29) is 0 Å². The van der Waals surface area contributed by atoms with E-state index in [0.29, 0.717) is 11.1 Å². The summed E-state index contributed by atoms with van der Waals surface area (Å²) in [5.41, 5.74) is 2.23. The molecule has 0 saturated heterocycles. The summed E-state index contributed by atoms with van der Waals surface area (Å²) in [7, 11) is 0. The Morgan fingerprint density at radius 2 is 1.86 bits per heavy atom. The van der Waals surface area contributed by atoms with Gasteiger partial charge in [-0.2, -0.15) is 0 Å². The highest BCUT2D eigenvalue weighted by Gasteiger charge is 2.09. The topological polar surface area (TPSA) is 21.3 Å². The molecular formula is C17H19BrClNO. The SMILES string of the molecule is Cc1ccc(Oc2ccc(Cl)cc2CNC(C)C)c(Br)c1. The lowest BCUT2D eigenvalue weighted by Crippen LogP contribution is -2.22. The molecule has 0 aliphatic heterocycles. The predicted octanol–water partition coefficient (Wildman–Crippen LogP) is 5.70. The molecule has 2 nitrogen and oxygen atoms in total. The number of hydrogen-bond acceptors (Lipinski definition) is 2. The van der Waals surface area contributed by atoms with Crippen molar-refractivity contribution in [1.82, 2.24) is 5.32 Å². The van der Waals surface area contributed by atoms with Crippen LogP contribution in [0.5, 0.6) is 11.5 Å².